The van der Waals surface area contributed by atoms with Crippen molar-refractivity contribution in [2.24, 2.45) is 22.7 Å². The number of alkyl carbamates (subject to hydrolysis) is 1. The lowest BCUT2D eigenvalue weighted by molar-refractivity contribution is -0.246. The van der Waals surface area contributed by atoms with E-state index >= 15 is 4.39 Å². The van der Waals surface area contributed by atoms with Crippen LogP contribution in [0.15, 0.2) is 36.5 Å². The number of ether oxygens (including phenoxy) is 5. The molecule has 1 saturated heterocycles. The van der Waals surface area contributed by atoms with Crippen LogP contribution in [-0.2, 0) is 42.9 Å². The van der Waals surface area contributed by atoms with Crippen LogP contribution in [0.2, 0.25) is 0 Å². The highest BCUT2D eigenvalue weighted by molar-refractivity contribution is 6.01. The Bertz CT molecular complexity index is 1500. The maximum atomic E-state index is 17.6. The molecule has 0 bridgehead atoms. The molecule has 4 fully saturated rings. The van der Waals surface area contributed by atoms with Crippen LogP contribution in [0.4, 0.5) is 9.18 Å². The third-order valence-electron chi connectivity index (χ3n) is 11.1. The number of aliphatic hydroxyl groups excluding tert-OH is 1. The number of alkyl halides is 1. The van der Waals surface area contributed by atoms with Gasteiger partial charge in [0.05, 0.1) is 18.6 Å². The number of nitrogens with one attached hydrogen (secondary N) is 1. The lowest BCUT2D eigenvalue weighted by Crippen LogP contribution is -2.70. The molecule has 270 valence electrons. The van der Waals surface area contributed by atoms with Gasteiger partial charge in [0.15, 0.2) is 29.4 Å². The van der Waals surface area contributed by atoms with Crippen LogP contribution in [-0.4, -0.2) is 88.8 Å². The van der Waals surface area contributed by atoms with E-state index in [1.54, 1.807) is 54.5 Å². The molecule has 9 atom stereocenters. The second-order valence-electron chi connectivity index (χ2n) is 15.7. The van der Waals surface area contributed by atoms with Gasteiger partial charge in [0, 0.05) is 16.7 Å². The first-order valence-electron chi connectivity index (χ1n) is 16.8. The molecule has 1 heterocycles. The van der Waals surface area contributed by atoms with Gasteiger partial charge in [-0.05, 0) is 85.3 Å². The number of carbonyl (C=O) groups is 5. The summed E-state index contributed by atoms with van der Waals surface area (Å²) in [5.41, 5.74) is -6.42. The predicted octanol–water partition coefficient (Wildman–Crippen LogP) is 3.98. The van der Waals surface area contributed by atoms with Gasteiger partial charge in [0.2, 0.25) is 5.78 Å². The van der Waals surface area contributed by atoms with Crippen molar-refractivity contribution >= 4 is 29.6 Å². The topological polar surface area (TPSA) is 164 Å². The number of halogens is 1. The Morgan fingerprint density at radius 3 is 2.51 bits per heavy atom. The fourth-order valence-electron chi connectivity index (χ4n) is 9.17. The molecule has 1 amide bonds. The van der Waals surface area contributed by atoms with Crippen LogP contribution >= 0.6 is 0 Å². The molecule has 5 rings (SSSR count). The van der Waals surface area contributed by atoms with Gasteiger partial charge < -0.3 is 34.1 Å². The maximum absolute atomic E-state index is 17.6. The smallest absolute Gasteiger partial charge is 0.408 e. The van der Waals surface area contributed by atoms with Crippen molar-refractivity contribution in [1.29, 1.82) is 0 Å². The van der Waals surface area contributed by atoms with Crippen LogP contribution in [0.25, 0.3) is 0 Å². The van der Waals surface area contributed by atoms with Gasteiger partial charge >= 0.3 is 18.0 Å². The van der Waals surface area contributed by atoms with E-state index in [0.717, 1.165) is 0 Å². The Hall–Kier alpha value is -3.42. The summed E-state index contributed by atoms with van der Waals surface area (Å²) in [5, 5.41) is 14.1. The van der Waals surface area contributed by atoms with E-state index in [4.69, 9.17) is 23.7 Å². The Kier molecular flexibility index (Phi) is 9.34. The standard InChI is InChI=1S/C36H48FNO11/c1-9-14-45-29(43)24(38-30(44)48-31(2,3)4)17-28(42)46-19-26(41)36-27(47-32(5,6)49-36)16-23-22-11-10-20-15-21(39)12-13-33(20,7)35(22,37)25(40)18-34(23,36)8/h9,12-13,15,22-25,27,40H,1,10-11,14,16-19H2,2-8H3,(H,38,44)/t22-,23-,24?,25-,27+,33-,34-,35-,36+/m0/s1. The zero-order valence-electron chi connectivity index (χ0n) is 29.3. The van der Waals surface area contributed by atoms with E-state index in [9.17, 15) is 29.1 Å². The fraction of sp³-hybridized carbons (Fsp3) is 0.694. The van der Waals surface area contributed by atoms with Crippen molar-refractivity contribution in [3.05, 3.63) is 36.5 Å². The number of ketones is 2. The van der Waals surface area contributed by atoms with Crippen molar-refractivity contribution < 1.29 is 57.2 Å². The molecule has 0 aromatic carbocycles. The number of fused-ring (bicyclic) bond motifs is 7. The summed E-state index contributed by atoms with van der Waals surface area (Å²) >= 11 is 0. The predicted molar refractivity (Wildman–Crippen MR) is 171 cm³/mol. The van der Waals surface area contributed by atoms with Crippen molar-refractivity contribution in [3.63, 3.8) is 0 Å². The number of esters is 2. The average molecular weight is 690 g/mol. The lowest BCUT2D eigenvalue weighted by atomic mass is 9.44. The van der Waals surface area contributed by atoms with Crippen LogP contribution in [0.5, 0.6) is 0 Å². The van der Waals surface area contributed by atoms with Crippen molar-refractivity contribution in [3.8, 4) is 0 Å². The molecular weight excluding hydrogens is 641 g/mol. The molecule has 1 aliphatic heterocycles. The molecule has 0 aromatic heterocycles. The largest absolute Gasteiger partial charge is 0.460 e. The molecule has 49 heavy (non-hydrogen) atoms. The highest BCUT2D eigenvalue weighted by Gasteiger charge is 2.80. The normalized spacial score (nSPS) is 37.7. The Labute approximate surface area is 285 Å². The van der Waals surface area contributed by atoms with Crippen molar-refractivity contribution in [2.45, 2.75) is 121 Å². The second kappa shape index (κ2) is 12.4. The summed E-state index contributed by atoms with van der Waals surface area (Å²) in [6.07, 6.45) is 2.61. The SMILES string of the molecule is C=CCOC(=O)C(CC(=O)OCC(=O)[C@@]12OC(C)(C)O[C@@H]1C[C@H]1[C@@H]3CCC4=CC(=O)C=C[C@]4(C)[C@@]3(F)[C@@H](O)C[C@@]12C)NC(=O)OC(C)(C)C. The highest BCUT2D eigenvalue weighted by atomic mass is 19.1. The zero-order chi connectivity index (χ0) is 36.4. The summed E-state index contributed by atoms with van der Waals surface area (Å²) in [7, 11) is 0. The lowest BCUT2D eigenvalue weighted by Gasteiger charge is -2.62. The van der Waals surface area contributed by atoms with Crippen molar-refractivity contribution in [1.82, 2.24) is 5.32 Å². The van der Waals surface area contributed by atoms with Gasteiger partial charge in [0.25, 0.3) is 0 Å². The molecule has 5 aliphatic rings. The Balaban J connectivity index is 1.38. The van der Waals surface area contributed by atoms with Crippen LogP contribution in [0.1, 0.15) is 80.6 Å². The quantitative estimate of drug-likeness (QED) is 0.205. The number of amides is 1. The molecular formula is C36H48FNO11. The molecule has 0 spiro atoms. The van der Waals surface area contributed by atoms with Gasteiger partial charge in [-0.25, -0.2) is 14.0 Å². The number of carbonyl (C=O) groups excluding carboxylic acids is 5. The molecule has 13 heteroatoms. The zero-order valence-corrected chi connectivity index (χ0v) is 29.3. The van der Waals surface area contributed by atoms with Crippen LogP contribution in [0, 0.1) is 22.7 Å². The van der Waals surface area contributed by atoms with Gasteiger partial charge in [-0.3, -0.25) is 14.4 Å². The number of hydrogen-bond acceptors (Lipinski definition) is 11. The molecule has 12 nitrogen and oxygen atoms in total. The van der Waals surface area contributed by atoms with E-state index < -0.39 is 100 Å². The van der Waals surface area contributed by atoms with E-state index in [1.807, 2.05) is 0 Å². The van der Waals surface area contributed by atoms with Crippen LogP contribution < -0.4 is 5.32 Å². The minimum absolute atomic E-state index is 0.151. The fourth-order valence-corrected chi connectivity index (χ4v) is 9.17. The van der Waals surface area contributed by atoms with Crippen LogP contribution in [0.3, 0.4) is 0 Å². The second-order valence-corrected chi connectivity index (χ2v) is 15.7. The molecule has 0 radical (unpaired) electrons. The number of Topliss-reactive ketones (excluding diaryl/α,β-unsaturated/α-hetero) is 1. The molecule has 4 aliphatic carbocycles. The molecule has 2 N–H and O–H groups in total. The van der Waals surface area contributed by atoms with Gasteiger partial charge in [-0.1, -0.05) is 31.2 Å². The average Bonchev–Trinajstić information content (AvgIpc) is 3.39. The van der Waals surface area contributed by atoms with Gasteiger partial charge in [-0.15, -0.1) is 0 Å². The first kappa shape index (κ1) is 36.9. The number of hydrogen-bond donors (Lipinski definition) is 2. The third-order valence-corrected chi connectivity index (χ3v) is 11.1. The summed E-state index contributed by atoms with van der Waals surface area (Å²) in [5.74, 6) is -5.15. The Morgan fingerprint density at radius 2 is 1.86 bits per heavy atom. The van der Waals surface area contributed by atoms with Gasteiger partial charge in [0.1, 0.15) is 18.2 Å². The number of allylic oxidation sites excluding steroid dienone is 4. The summed E-state index contributed by atoms with van der Waals surface area (Å²) in [6.45, 7) is 14.3. The van der Waals surface area contributed by atoms with Gasteiger partial charge in [-0.2, -0.15) is 0 Å². The third kappa shape index (κ3) is 6.05. The Morgan fingerprint density at radius 1 is 1.16 bits per heavy atom. The molecule has 3 saturated carbocycles. The summed E-state index contributed by atoms with van der Waals surface area (Å²) in [6, 6.07) is -1.48. The highest BCUT2D eigenvalue weighted by Crippen LogP contribution is 2.72. The van der Waals surface area contributed by atoms with E-state index in [2.05, 4.69) is 11.9 Å². The first-order valence-corrected chi connectivity index (χ1v) is 16.8. The first-order chi connectivity index (χ1) is 22.6. The molecule has 0 aromatic rings. The number of aliphatic hydroxyl groups is 1. The number of rotatable bonds is 9. The summed E-state index contributed by atoms with van der Waals surface area (Å²) < 4.78 is 46.0. The van der Waals surface area contributed by atoms with E-state index in [1.165, 1.54) is 18.2 Å². The molecule has 1 unspecified atom stereocenters. The van der Waals surface area contributed by atoms with E-state index in [0.29, 0.717) is 18.4 Å². The minimum Gasteiger partial charge on any atom is -0.460 e. The summed E-state index contributed by atoms with van der Waals surface area (Å²) in [4.78, 5) is 64.7. The monoisotopic (exact) mass is 689 g/mol. The van der Waals surface area contributed by atoms with Crippen molar-refractivity contribution in [2.75, 3.05) is 13.2 Å². The minimum atomic E-state index is -2.13. The maximum Gasteiger partial charge on any atom is 0.408 e. The van der Waals surface area contributed by atoms with E-state index in [-0.39, 0.29) is 25.2 Å².